The number of piperidine rings is 1. The Balaban J connectivity index is 1.58. The van der Waals surface area contributed by atoms with Crippen LogP contribution in [0, 0.1) is 5.92 Å². The van der Waals surface area contributed by atoms with Gasteiger partial charge in [0.15, 0.2) is 5.96 Å². The van der Waals surface area contributed by atoms with E-state index in [1.165, 1.54) is 38.8 Å². The summed E-state index contributed by atoms with van der Waals surface area (Å²) in [6, 6.07) is 0.405. The van der Waals surface area contributed by atoms with Crippen LogP contribution in [-0.4, -0.2) is 62.1 Å². The summed E-state index contributed by atoms with van der Waals surface area (Å²) in [6.07, 6.45) is 9.03. The van der Waals surface area contributed by atoms with Crippen LogP contribution in [0.15, 0.2) is 4.99 Å². The third-order valence-corrected chi connectivity index (χ3v) is 5.49. The van der Waals surface area contributed by atoms with Gasteiger partial charge in [0.05, 0.1) is 0 Å². The van der Waals surface area contributed by atoms with Crippen LogP contribution in [0.25, 0.3) is 0 Å². The average Bonchev–Trinajstić information content (AvgIpc) is 3.13. The van der Waals surface area contributed by atoms with Crippen molar-refractivity contribution in [1.82, 2.24) is 20.9 Å². The highest BCUT2D eigenvalue weighted by molar-refractivity contribution is 5.81. The molecule has 0 aromatic heterocycles. The van der Waals surface area contributed by atoms with Gasteiger partial charge in [0, 0.05) is 32.1 Å². The van der Waals surface area contributed by atoms with Gasteiger partial charge in [-0.3, -0.25) is 9.79 Å². The van der Waals surface area contributed by atoms with E-state index in [0.717, 1.165) is 50.8 Å². The molecule has 1 saturated carbocycles. The van der Waals surface area contributed by atoms with Crippen molar-refractivity contribution in [1.29, 1.82) is 0 Å². The Hall–Kier alpha value is -1.30. The summed E-state index contributed by atoms with van der Waals surface area (Å²) in [7, 11) is 0. The lowest BCUT2D eigenvalue weighted by Gasteiger charge is -2.29. The Kier molecular flexibility index (Phi) is 9.82. The quantitative estimate of drug-likeness (QED) is 0.333. The molecule has 0 atom stereocenters. The number of aliphatic imine (C=N–C) groups is 1. The summed E-state index contributed by atoms with van der Waals surface area (Å²) in [5.41, 5.74) is 0. The topological polar surface area (TPSA) is 68.8 Å². The first-order chi connectivity index (χ1) is 12.7. The van der Waals surface area contributed by atoms with Gasteiger partial charge in [-0.2, -0.15) is 0 Å². The number of likely N-dealkylation sites (tertiary alicyclic amines) is 1. The van der Waals surface area contributed by atoms with Gasteiger partial charge in [0.2, 0.25) is 5.91 Å². The Bertz CT molecular complexity index is 426. The minimum absolute atomic E-state index is 0.152. The molecule has 1 amide bonds. The zero-order valence-corrected chi connectivity index (χ0v) is 16.9. The number of hydrogen-bond donors (Lipinski definition) is 3. The second kappa shape index (κ2) is 12.2. The molecule has 2 fully saturated rings. The maximum absolute atomic E-state index is 12.0. The Morgan fingerprint density at radius 3 is 2.54 bits per heavy atom. The number of nitrogens with one attached hydrogen (secondary N) is 3. The second-order valence-corrected chi connectivity index (χ2v) is 7.86. The fourth-order valence-electron chi connectivity index (χ4n) is 3.78. The van der Waals surface area contributed by atoms with Gasteiger partial charge in [-0.15, -0.1) is 0 Å². The lowest BCUT2D eigenvalue weighted by Crippen LogP contribution is -2.40. The van der Waals surface area contributed by atoms with Gasteiger partial charge in [-0.05, 0) is 64.6 Å². The molecule has 150 valence electrons. The molecule has 0 radical (unpaired) electrons. The molecule has 0 bridgehead atoms. The molecular weight excluding hydrogens is 326 g/mol. The minimum Gasteiger partial charge on any atom is -0.357 e. The molecule has 0 aromatic carbocycles. The minimum atomic E-state index is 0.152. The van der Waals surface area contributed by atoms with Crippen LogP contribution in [0.5, 0.6) is 0 Å². The third kappa shape index (κ3) is 8.39. The first-order valence-corrected chi connectivity index (χ1v) is 10.7. The van der Waals surface area contributed by atoms with Gasteiger partial charge in [-0.1, -0.05) is 19.8 Å². The monoisotopic (exact) mass is 365 g/mol. The first-order valence-electron chi connectivity index (χ1n) is 10.7. The van der Waals surface area contributed by atoms with E-state index in [9.17, 15) is 4.79 Å². The molecular formula is C20H39N5O. The summed E-state index contributed by atoms with van der Waals surface area (Å²) < 4.78 is 0. The zero-order chi connectivity index (χ0) is 18.6. The molecule has 1 aliphatic heterocycles. The van der Waals surface area contributed by atoms with E-state index in [0.29, 0.717) is 19.0 Å². The molecule has 1 aliphatic carbocycles. The molecule has 26 heavy (non-hydrogen) atoms. The number of carbonyl (C=O) groups excluding carboxylic acids is 1. The molecule has 3 N–H and O–H groups in total. The van der Waals surface area contributed by atoms with E-state index in [4.69, 9.17) is 0 Å². The highest BCUT2D eigenvalue weighted by Gasteiger charge is 2.17. The Labute approximate surface area is 159 Å². The number of nitrogens with zero attached hydrogens (tertiary/aromatic N) is 2. The fourth-order valence-corrected chi connectivity index (χ4v) is 3.78. The largest absolute Gasteiger partial charge is 0.357 e. The van der Waals surface area contributed by atoms with Crippen LogP contribution in [0.1, 0.15) is 65.2 Å². The number of guanidine groups is 1. The number of hydrogen-bond acceptors (Lipinski definition) is 3. The van der Waals surface area contributed by atoms with Crippen LogP contribution in [0.2, 0.25) is 0 Å². The molecule has 6 heteroatoms. The van der Waals surface area contributed by atoms with E-state index >= 15 is 0 Å². The van der Waals surface area contributed by atoms with Crippen molar-refractivity contribution >= 4 is 11.9 Å². The molecule has 6 nitrogen and oxygen atoms in total. The van der Waals surface area contributed by atoms with Gasteiger partial charge in [0.1, 0.15) is 0 Å². The highest BCUT2D eigenvalue weighted by atomic mass is 16.1. The summed E-state index contributed by atoms with van der Waals surface area (Å²) in [4.78, 5) is 19.2. The normalized spacial score (nSPS) is 20.3. The lowest BCUT2D eigenvalue weighted by atomic mass is 9.99. The molecule has 0 unspecified atom stereocenters. The second-order valence-electron chi connectivity index (χ2n) is 7.86. The number of carbonyl (C=O) groups is 1. The van der Waals surface area contributed by atoms with Crippen molar-refractivity contribution in [3.63, 3.8) is 0 Å². The molecule has 0 spiro atoms. The van der Waals surface area contributed by atoms with Crippen LogP contribution in [0.3, 0.4) is 0 Å². The van der Waals surface area contributed by atoms with Gasteiger partial charge in [-0.25, -0.2) is 0 Å². The molecule has 2 aliphatic rings. The molecule has 0 aromatic rings. The van der Waals surface area contributed by atoms with Crippen LogP contribution < -0.4 is 16.0 Å². The predicted octanol–water partition coefficient (Wildman–Crippen LogP) is 2.11. The van der Waals surface area contributed by atoms with Crippen molar-refractivity contribution in [2.45, 2.75) is 71.3 Å². The van der Waals surface area contributed by atoms with Crippen molar-refractivity contribution in [2.24, 2.45) is 10.9 Å². The smallest absolute Gasteiger partial charge is 0.221 e. The first kappa shape index (κ1) is 21.0. The van der Waals surface area contributed by atoms with E-state index in [1.54, 1.807) is 0 Å². The van der Waals surface area contributed by atoms with E-state index in [-0.39, 0.29) is 5.91 Å². The fraction of sp³-hybridized carbons (Fsp3) is 0.900. The zero-order valence-electron chi connectivity index (χ0n) is 16.9. The Morgan fingerprint density at radius 1 is 1.12 bits per heavy atom. The molecule has 1 saturated heterocycles. The summed E-state index contributed by atoms with van der Waals surface area (Å²) in [6.45, 7) is 10.3. The van der Waals surface area contributed by atoms with Gasteiger partial charge < -0.3 is 20.9 Å². The third-order valence-electron chi connectivity index (χ3n) is 5.49. The number of rotatable bonds is 9. The summed E-state index contributed by atoms with van der Waals surface area (Å²) in [5, 5.41) is 9.68. The molecule has 1 heterocycles. The maximum Gasteiger partial charge on any atom is 0.221 e. The lowest BCUT2D eigenvalue weighted by molar-refractivity contribution is -0.121. The maximum atomic E-state index is 12.0. The van der Waals surface area contributed by atoms with Crippen LogP contribution >= 0.6 is 0 Å². The van der Waals surface area contributed by atoms with E-state index in [2.05, 4.69) is 39.7 Å². The van der Waals surface area contributed by atoms with Crippen molar-refractivity contribution in [2.75, 3.05) is 39.3 Å². The number of amides is 1. The average molecular weight is 366 g/mol. The van der Waals surface area contributed by atoms with E-state index in [1.807, 2.05) is 0 Å². The summed E-state index contributed by atoms with van der Waals surface area (Å²) in [5.74, 6) is 1.87. The Morgan fingerprint density at radius 2 is 1.85 bits per heavy atom. The van der Waals surface area contributed by atoms with Gasteiger partial charge >= 0.3 is 0 Å². The van der Waals surface area contributed by atoms with Crippen molar-refractivity contribution < 1.29 is 4.79 Å². The SMILES string of the molecule is CCNC(=NCCCN1CCC(C)CC1)NCCC(=O)NC1CCCC1. The highest BCUT2D eigenvalue weighted by Crippen LogP contribution is 2.17. The van der Waals surface area contributed by atoms with E-state index < -0.39 is 0 Å². The predicted molar refractivity (Wildman–Crippen MR) is 108 cm³/mol. The van der Waals surface area contributed by atoms with Crippen LogP contribution in [-0.2, 0) is 4.79 Å². The van der Waals surface area contributed by atoms with Gasteiger partial charge in [0.25, 0.3) is 0 Å². The summed E-state index contributed by atoms with van der Waals surface area (Å²) >= 11 is 0. The van der Waals surface area contributed by atoms with Crippen molar-refractivity contribution in [3.8, 4) is 0 Å². The van der Waals surface area contributed by atoms with Crippen LogP contribution in [0.4, 0.5) is 0 Å². The standard InChI is InChI=1S/C20H39N5O/c1-3-21-20(22-12-6-14-25-15-10-17(2)11-16-25)23-13-9-19(26)24-18-7-4-5-8-18/h17-18H,3-16H2,1-2H3,(H,24,26)(H2,21,22,23). The molecule has 2 rings (SSSR count). The van der Waals surface area contributed by atoms with Crippen molar-refractivity contribution in [3.05, 3.63) is 0 Å².